The van der Waals surface area contributed by atoms with E-state index in [9.17, 15) is 22.0 Å². The first-order valence-corrected chi connectivity index (χ1v) is 12.3. The third-order valence-electron chi connectivity index (χ3n) is 7.40. The van der Waals surface area contributed by atoms with Gasteiger partial charge in [-0.1, -0.05) is 44.9 Å². The van der Waals surface area contributed by atoms with Crippen molar-refractivity contribution in [1.29, 1.82) is 0 Å². The summed E-state index contributed by atoms with van der Waals surface area (Å²) in [6, 6.07) is 7.26. The monoisotopic (exact) mass is 482 g/mol. The van der Waals surface area contributed by atoms with Gasteiger partial charge in [-0.2, -0.15) is 4.31 Å². The molecule has 2 aliphatic rings. The summed E-state index contributed by atoms with van der Waals surface area (Å²) in [5.74, 6) is -3.13. The smallest absolute Gasteiger partial charge is 0.257 e. The molecule has 2 fully saturated rings. The van der Waals surface area contributed by atoms with Crippen molar-refractivity contribution in [1.82, 2.24) is 4.31 Å². The van der Waals surface area contributed by atoms with Crippen LogP contribution >= 0.6 is 11.6 Å². The first-order valence-electron chi connectivity index (χ1n) is 10.4. The number of hydrogen-bond donors (Lipinski definition) is 1. The third kappa shape index (κ3) is 3.62. The van der Waals surface area contributed by atoms with Crippen LogP contribution in [0.1, 0.15) is 50.4 Å². The molecule has 1 heterocycles. The Morgan fingerprint density at radius 2 is 1.84 bits per heavy atom. The molecule has 2 aromatic carbocycles. The normalized spacial score (nSPS) is 25.0. The quantitative estimate of drug-likeness (QED) is 0.588. The molecule has 32 heavy (non-hydrogen) atoms. The molecule has 0 spiro atoms. The lowest BCUT2D eigenvalue weighted by Crippen LogP contribution is -2.44. The highest BCUT2D eigenvalue weighted by Crippen LogP contribution is 2.58. The Bertz CT molecular complexity index is 1200. The molecule has 2 bridgehead atoms. The Kier molecular flexibility index (Phi) is 5.63. The van der Waals surface area contributed by atoms with Gasteiger partial charge in [0.1, 0.15) is 0 Å². The van der Waals surface area contributed by atoms with Gasteiger partial charge < -0.3 is 5.32 Å². The maximum absolute atomic E-state index is 13.6. The van der Waals surface area contributed by atoms with Gasteiger partial charge in [0.05, 0.1) is 15.5 Å². The molecule has 172 valence electrons. The van der Waals surface area contributed by atoms with E-state index in [2.05, 4.69) is 26.1 Å². The van der Waals surface area contributed by atoms with Crippen molar-refractivity contribution in [2.45, 2.75) is 51.0 Å². The summed E-state index contributed by atoms with van der Waals surface area (Å²) < 4.78 is 55.6. The number of amides is 1. The SMILES string of the molecule is CC1(C)[C@H]2CCC[C@@]1(C)CN2S(=O)(=O)c1cccc(NC(=O)c2cc(F)c(F)cc2Cl)c1. The third-order valence-corrected chi connectivity index (χ3v) is 9.56. The van der Waals surface area contributed by atoms with E-state index in [4.69, 9.17) is 11.6 Å². The van der Waals surface area contributed by atoms with Crippen molar-refractivity contribution >= 4 is 33.2 Å². The highest BCUT2D eigenvalue weighted by molar-refractivity contribution is 7.89. The van der Waals surface area contributed by atoms with Gasteiger partial charge in [0.2, 0.25) is 10.0 Å². The first-order chi connectivity index (χ1) is 14.9. The lowest BCUT2D eigenvalue weighted by atomic mass is 9.60. The molecular weight excluding hydrogens is 458 g/mol. The number of sulfonamides is 1. The van der Waals surface area contributed by atoms with Crippen LogP contribution in [-0.4, -0.2) is 31.2 Å². The summed E-state index contributed by atoms with van der Waals surface area (Å²) in [5.41, 5.74) is -0.280. The molecule has 4 rings (SSSR count). The summed E-state index contributed by atoms with van der Waals surface area (Å²) >= 11 is 5.87. The van der Waals surface area contributed by atoms with Crippen LogP contribution in [0.4, 0.5) is 14.5 Å². The van der Waals surface area contributed by atoms with Crippen LogP contribution in [0, 0.1) is 22.5 Å². The van der Waals surface area contributed by atoms with E-state index in [1.807, 2.05) is 0 Å². The number of benzene rings is 2. The summed E-state index contributed by atoms with van der Waals surface area (Å²) in [4.78, 5) is 12.6. The zero-order valence-corrected chi connectivity index (χ0v) is 19.7. The predicted octanol–water partition coefficient (Wildman–Crippen LogP) is 5.46. The van der Waals surface area contributed by atoms with Gasteiger partial charge >= 0.3 is 0 Å². The highest BCUT2D eigenvalue weighted by atomic mass is 35.5. The Balaban J connectivity index is 1.62. The van der Waals surface area contributed by atoms with Crippen LogP contribution in [0.15, 0.2) is 41.3 Å². The molecule has 2 atom stereocenters. The Labute approximate surface area is 191 Å². The van der Waals surface area contributed by atoms with E-state index in [0.717, 1.165) is 25.3 Å². The first kappa shape index (κ1) is 23.1. The molecule has 1 N–H and O–H groups in total. The molecular formula is C23H25ClF2N2O3S. The van der Waals surface area contributed by atoms with Crippen molar-refractivity contribution in [2.75, 3.05) is 11.9 Å². The molecule has 2 aromatic rings. The van der Waals surface area contributed by atoms with Crippen LogP contribution in [0.3, 0.4) is 0 Å². The zero-order valence-electron chi connectivity index (χ0n) is 18.1. The largest absolute Gasteiger partial charge is 0.322 e. The van der Waals surface area contributed by atoms with Gasteiger partial charge in [0.25, 0.3) is 5.91 Å². The van der Waals surface area contributed by atoms with Gasteiger partial charge in [-0.25, -0.2) is 17.2 Å². The summed E-state index contributed by atoms with van der Waals surface area (Å²) in [6.45, 7) is 6.87. The second-order valence-electron chi connectivity index (χ2n) is 9.47. The molecule has 1 aliphatic carbocycles. The number of halogens is 3. The molecule has 1 aliphatic heterocycles. The van der Waals surface area contributed by atoms with E-state index >= 15 is 0 Å². The van der Waals surface area contributed by atoms with E-state index in [1.54, 1.807) is 4.31 Å². The number of carbonyl (C=O) groups excluding carboxylic acids is 1. The second-order valence-corrected chi connectivity index (χ2v) is 11.8. The van der Waals surface area contributed by atoms with Gasteiger partial charge in [-0.3, -0.25) is 4.79 Å². The average molecular weight is 483 g/mol. The fourth-order valence-corrected chi connectivity index (χ4v) is 7.22. The van der Waals surface area contributed by atoms with E-state index < -0.39 is 27.6 Å². The molecule has 1 saturated carbocycles. The fourth-order valence-electron chi connectivity index (χ4n) is 5.03. The Morgan fingerprint density at radius 3 is 2.53 bits per heavy atom. The molecule has 0 unspecified atom stereocenters. The number of carbonyl (C=O) groups is 1. The molecule has 0 radical (unpaired) electrons. The van der Waals surface area contributed by atoms with Crippen molar-refractivity contribution in [3.8, 4) is 0 Å². The molecule has 0 aromatic heterocycles. The number of fused-ring (bicyclic) bond motifs is 2. The maximum atomic E-state index is 13.6. The number of nitrogens with zero attached hydrogens (tertiary/aromatic N) is 1. The Morgan fingerprint density at radius 1 is 1.16 bits per heavy atom. The minimum atomic E-state index is -3.80. The van der Waals surface area contributed by atoms with Gasteiger partial charge in [-0.15, -0.1) is 0 Å². The fraction of sp³-hybridized carbons (Fsp3) is 0.435. The van der Waals surface area contributed by atoms with Crippen molar-refractivity contribution in [2.24, 2.45) is 10.8 Å². The number of rotatable bonds is 4. The molecule has 9 heteroatoms. The zero-order chi connectivity index (χ0) is 23.5. The number of anilines is 1. The van der Waals surface area contributed by atoms with E-state index in [0.29, 0.717) is 12.6 Å². The van der Waals surface area contributed by atoms with Crippen LogP contribution in [-0.2, 0) is 10.0 Å². The molecule has 1 amide bonds. The van der Waals surface area contributed by atoms with Crippen molar-refractivity contribution < 1.29 is 22.0 Å². The van der Waals surface area contributed by atoms with Crippen LogP contribution in [0.2, 0.25) is 5.02 Å². The maximum Gasteiger partial charge on any atom is 0.257 e. The molecule has 5 nitrogen and oxygen atoms in total. The lowest BCUT2D eigenvalue weighted by molar-refractivity contribution is 0.0722. The minimum Gasteiger partial charge on any atom is -0.322 e. The minimum absolute atomic E-state index is 0.0682. The second kappa shape index (κ2) is 7.78. The van der Waals surface area contributed by atoms with Gasteiger partial charge in [0.15, 0.2) is 11.6 Å². The van der Waals surface area contributed by atoms with Crippen molar-refractivity contribution in [3.05, 3.63) is 58.6 Å². The van der Waals surface area contributed by atoms with Gasteiger partial charge in [-0.05, 0) is 54.0 Å². The summed E-state index contributed by atoms with van der Waals surface area (Å²) in [7, 11) is -3.80. The Hall–Kier alpha value is -2.03. The van der Waals surface area contributed by atoms with E-state index in [-0.39, 0.29) is 38.0 Å². The van der Waals surface area contributed by atoms with Crippen LogP contribution < -0.4 is 5.32 Å². The van der Waals surface area contributed by atoms with Gasteiger partial charge in [0, 0.05) is 18.3 Å². The average Bonchev–Trinajstić information content (AvgIpc) is 2.84. The topological polar surface area (TPSA) is 66.5 Å². The number of hydrogen-bond acceptors (Lipinski definition) is 3. The highest BCUT2D eigenvalue weighted by Gasteiger charge is 2.60. The predicted molar refractivity (Wildman–Crippen MR) is 119 cm³/mol. The van der Waals surface area contributed by atoms with Crippen molar-refractivity contribution in [3.63, 3.8) is 0 Å². The van der Waals surface area contributed by atoms with E-state index in [1.165, 1.54) is 24.3 Å². The number of nitrogens with one attached hydrogen (secondary N) is 1. The lowest BCUT2D eigenvalue weighted by Gasteiger charge is -2.44. The summed E-state index contributed by atoms with van der Waals surface area (Å²) in [6.07, 6.45) is 2.78. The van der Waals surface area contributed by atoms with Crippen LogP contribution in [0.5, 0.6) is 0 Å². The summed E-state index contributed by atoms with van der Waals surface area (Å²) in [5, 5.41) is 2.28. The standard InChI is InChI=1S/C23H25ClF2N2O3S/c1-22(2)20-8-5-9-23(22,3)13-28(20)32(30,31)15-7-4-6-14(10-15)27-21(29)16-11-18(25)19(26)12-17(16)24/h4,6-7,10-12,20H,5,8-9,13H2,1-3H3,(H,27,29)/t20-,23+/m1/s1. The molecule has 1 saturated heterocycles. The van der Waals surface area contributed by atoms with Crippen LogP contribution in [0.25, 0.3) is 0 Å².